The van der Waals surface area contributed by atoms with E-state index in [4.69, 9.17) is 15.2 Å². The summed E-state index contributed by atoms with van der Waals surface area (Å²) < 4.78 is 11.1. The number of aliphatic hydroxyl groups is 1. The zero-order valence-electron chi connectivity index (χ0n) is 22.3. The van der Waals surface area contributed by atoms with E-state index in [1.807, 2.05) is 6.92 Å². The second kappa shape index (κ2) is 10.6. The quantitative estimate of drug-likeness (QED) is 0.189. The zero-order valence-corrected chi connectivity index (χ0v) is 22.3. The van der Waals surface area contributed by atoms with Crippen molar-refractivity contribution in [3.05, 3.63) is 11.1 Å². The van der Waals surface area contributed by atoms with Gasteiger partial charge in [-0.3, -0.25) is 9.59 Å². The van der Waals surface area contributed by atoms with E-state index in [-0.39, 0.29) is 36.7 Å². The third-order valence-electron chi connectivity index (χ3n) is 9.25. The van der Waals surface area contributed by atoms with Crippen molar-refractivity contribution in [2.75, 3.05) is 20.3 Å². The van der Waals surface area contributed by atoms with E-state index in [1.165, 1.54) is 7.11 Å². The summed E-state index contributed by atoms with van der Waals surface area (Å²) in [6, 6.07) is 0. The number of epoxide rings is 1. The van der Waals surface area contributed by atoms with Gasteiger partial charge in [0.05, 0.1) is 19.9 Å². The van der Waals surface area contributed by atoms with Gasteiger partial charge < -0.3 is 25.6 Å². The Morgan fingerprint density at radius 2 is 2.00 bits per heavy atom. The molecule has 4 aliphatic rings. The van der Waals surface area contributed by atoms with Gasteiger partial charge in [-0.2, -0.15) is 0 Å². The predicted molar refractivity (Wildman–Crippen MR) is 135 cm³/mol. The summed E-state index contributed by atoms with van der Waals surface area (Å²) in [6.07, 6.45) is 6.98. The SMILES string of the molecule is COC(=O)C12OC1(CC(CO)=C(C)CCC1CCNC(N)C1)C(=O)C1CCCC(CC(C)C)C1C2=O. The molecule has 8 nitrogen and oxygen atoms in total. The van der Waals surface area contributed by atoms with Crippen LogP contribution in [-0.2, 0) is 23.9 Å². The lowest BCUT2D eigenvalue weighted by Crippen LogP contribution is -2.60. The molecule has 4 fully saturated rings. The van der Waals surface area contributed by atoms with Gasteiger partial charge in [0.1, 0.15) is 0 Å². The van der Waals surface area contributed by atoms with Crippen molar-refractivity contribution in [2.45, 2.75) is 95.9 Å². The molecule has 0 aromatic heterocycles. The lowest BCUT2D eigenvalue weighted by atomic mass is 9.56. The highest BCUT2D eigenvalue weighted by Gasteiger charge is 2.87. The van der Waals surface area contributed by atoms with Crippen molar-refractivity contribution in [1.29, 1.82) is 0 Å². The Labute approximate surface area is 214 Å². The molecule has 8 heteroatoms. The number of fused-ring (bicyclic) bond motifs is 2. The fraction of sp³-hybridized carbons (Fsp3) is 0.821. The highest BCUT2D eigenvalue weighted by Crippen LogP contribution is 2.63. The Morgan fingerprint density at radius 3 is 2.64 bits per heavy atom. The summed E-state index contributed by atoms with van der Waals surface area (Å²) in [5.74, 6) is -1.22. The standard InChI is InChI=1S/C28H44N2O6/c1-16(2)12-19-6-5-7-21-23(19)25(33)28(26(34)35-4)27(36-28,24(21)32)14-20(15-31)17(3)8-9-18-10-11-30-22(29)13-18/h16,18-19,21-23,30-31H,5-15,29H2,1-4H3. The highest BCUT2D eigenvalue weighted by atomic mass is 16.7. The molecule has 2 saturated heterocycles. The summed E-state index contributed by atoms with van der Waals surface area (Å²) in [6.45, 7) is 6.85. The molecule has 2 saturated carbocycles. The summed E-state index contributed by atoms with van der Waals surface area (Å²) in [7, 11) is 1.23. The number of ether oxygens (including phenoxy) is 2. The first-order chi connectivity index (χ1) is 17.1. The van der Waals surface area contributed by atoms with Gasteiger partial charge in [-0.25, -0.2) is 4.79 Å². The number of allylic oxidation sites excluding steroid dienone is 1. The zero-order chi connectivity index (χ0) is 26.3. The first kappa shape index (κ1) is 27.4. The summed E-state index contributed by atoms with van der Waals surface area (Å²) in [4.78, 5) is 41.1. The van der Waals surface area contributed by atoms with Crippen molar-refractivity contribution in [1.82, 2.24) is 5.32 Å². The van der Waals surface area contributed by atoms with Crippen LogP contribution in [0.1, 0.15) is 78.6 Å². The van der Waals surface area contributed by atoms with Crippen molar-refractivity contribution in [2.24, 2.45) is 35.3 Å². The van der Waals surface area contributed by atoms with Crippen LogP contribution >= 0.6 is 0 Å². The van der Waals surface area contributed by atoms with E-state index in [1.54, 1.807) is 0 Å². The van der Waals surface area contributed by atoms with Crippen LogP contribution in [0.25, 0.3) is 0 Å². The Bertz CT molecular complexity index is 916. The number of aliphatic hydroxyl groups excluding tert-OH is 1. The Morgan fingerprint density at radius 1 is 1.25 bits per heavy atom. The van der Waals surface area contributed by atoms with Crippen LogP contribution in [0.15, 0.2) is 11.1 Å². The Hall–Kier alpha value is -1.61. The number of nitrogens with one attached hydrogen (secondary N) is 1. The third-order valence-corrected chi connectivity index (χ3v) is 9.25. The smallest absolute Gasteiger partial charge is 0.349 e. The number of esters is 1. The minimum absolute atomic E-state index is 0.0126. The fourth-order valence-corrected chi connectivity index (χ4v) is 7.33. The molecule has 0 bridgehead atoms. The number of methoxy groups -OCH3 is 1. The predicted octanol–water partition coefficient (Wildman–Crippen LogP) is 2.66. The number of Topliss-reactive ketones (excluding diaryl/α,β-unsaturated/α-hetero) is 2. The van der Waals surface area contributed by atoms with Gasteiger partial charge in [-0.15, -0.1) is 0 Å². The van der Waals surface area contributed by atoms with Crippen LogP contribution in [-0.4, -0.2) is 60.3 Å². The number of rotatable bonds is 9. The van der Waals surface area contributed by atoms with E-state index < -0.39 is 29.0 Å². The van der Waals surface area contributed by atoms with Gasteiger partial charge in [0, 0.05) is 18.3 Å². The Balaban J connectivity index is 1.60. The molecule has 0 amide bonds. The number of nitrogens with two attached hydrogens (primary N) is 1. The van der Waals surface area contributed by atoms with Gasteiger partial charge >= 0.3 is 5.97 Å². The fourth-order valence-electron chi connectivity index (χ4n) is 7.33. The second-order valence-electron chi connectivity index (χ2n) is 12.0. The second-order valence-corrected chi connectivity index (χ2v) is 12.0. The molecule has 0 spiro atoms. The molecule has 202 valence electrons. The maximum atomic E-state index is 14.0. The molecular weight excluding hydrogens is 460 g/mol. The average molecular weight is 505 g/mol. The molecule has 7 unspecified atom stereocenters. The molecule has 4 N–H and O–H groups in total. The number of carbonyl (C=O) groups excluding carboxylic acids is 3. The molecule has 4 rings (SSSR count). The first-order valence-electron chi connectivity index (χ1n) is 13.8. The molecule has 7 atom stereocenters. The lowest BCUT2D eigenvalue weighted by Gasteiger charge is -2.42. The molecule has 0 aromatic rings. The van der Waals surface area contributed by atoms with E-state index in [0.717, 1.165) is 57.1 Å². The van der Waals surface area contributed by atoms with Crippen LogP contribution in [0.2, 0.25) is 0 Å². The number of piperidine rings is 1. The van der Waals surface area contributed by atoms with Crippen molar-refractivity contribution < 1.29 is 29.0 Å². The van der Waals surface area contributed by atoms with E-state index in [0.29, 0.717) is 23.8 Å². The maximum absolute atomic E-state index is 14.0. The van der Waals surface area contributed by atoms with E-state index in [2.05, 4.69) is 19.2 Å². The highest BCUT2D eigenvalue weighted by molar-refractivity contribution is 6.23. The van der Waals surface area contributed by atoms with E-state index in [9.17, 15) is 19.5 Å². The van der Waals surface area contributed by atoms with Crippen LogP contribution in [0.3, 0.4) is 0 Å². The van der Waals surface area contributed by atoms with Crippen molar-refractivity contribution in [3.8, 4) is 0 Å². The van der Waals surface area contributed by atoms with Crippen LogP contribution in [0.4, 0.5) is 0 Å². The molecule has 36 heavy (non-hydrogen) atoms. The molecular formula is C28H44N2O6. The normalized spacial score (nSPS) is 38.8. The molecule has 2 aliphatic heterocycles. The molecule has 0 aromatic carbocycles. The van der Waals surface area contributed by atoms with E-state index >= 15 is 0 Å². The summed E-state index contributed by atoms with van der Waals surface area (Å²) in [5.41, 5.74) is 4.26. The van der Waals surface area contributed by atoms with Gasteiger partial charge in [-0.05, 0) is 81.7 Å². The van der Waals surface area contributed by atoms with Gasteiger partial charge in [0.25, 0.3) is 5.60 Å². The van der Waals surface area contributed by atoms with Crippen LogP contribution in [0.5, 0.6) is 0 Å². The lowest BCUT2D eigenvalue weighted by molar-refractivity contribution is -0.158. The largest absolute Gasteiger partial charge is 0.466 e. The van der Waals surface area contributed by atoms with Crippen LogP contribution in [0, 0.1) is 29.6 Å². The third kappa shape index (κ3) is 4.59. The van der Waals surface area contributed by atoms with Gasteiger partial charge in [-0.1, -0.05) is 25.8 Å². The first-order valence-corrected chi connectivity index (χ1v) is 13.8. The number of hydrogen-bond donors (Lipinski definition) is 3. The summed E-state index contributed by atoms with van der Waals surface area (Å²) >= 11 is 0. The number of ketones is 2. The summed E-state index contributed by atoms with van der Waals surface area (Å²) in [5, 5.41) is 13.5. The van der Waals surface area contributed by atoms with Crippen molar-refractivity contribution >= 4 is 17.5 Å². The Kier molecular flexibility index (Phi) is 8.10. The van der Waals surface area contributed by atoms with Gasteiger partial charge in [0.15, 0.2) is 17.2 Å². The van der Waals surface area contributed by atoms with Crippen LogP contribution < -0.4 is 11.1 Å². The molecule has 2 aliphatic carbocycles. The topological polar surface area (TPSA) is 131 Å². The molecule has 0 radical (unpaired) electrons. The average Bonchev–Trinajstić information content (AvgIpc) is 3.55. The minimum Gasteiger partial charge on any atom is -0.466 e. The van der Waals surface area contributed by atoms with Gasteiger partial charge in [0.2, 0.25) is 0 Å². The number of carbonyl (C=O) groups is 3. The molecule has 2 heterocycles. The minimum atomic E-state index is -1.88. The van der Waals surface area contributed by atoms with Crippen molar-refractivity contribution in [3.63, 3.8) is 0 Å². The monoisotopic (exact) mass is 504 g/mol. The maximum Gasteiger partial charge on any atom is 0.349 e. The number of hydrogen-bond acceptors (Lipinski definition) is 8.